The number of hydrogen-bond acceptors (Lipinski definition) is 6. The van der Waals surface area contributed by atoms with Crippen LogP contribution in [0.1, 0.15) is 37.3 Å². The molecule has 2 aromatic heterocycles. The number of pyridine rings is 2. The van der Waals surface area contributed by atoms with Crippen LogP contribution in [-0.4, -0.2) is 40.9 Å². The molecule has 2 fully saturated rings. The summed E-state index contributed by atoms with van der Waals surface area (Å²) >= 11 is 0. The molecular weight excluding hydrogens is 333 g/mol. The van der Waals surface area contributed by atoms with E-state index in [0.29, 0.717) is 17.9 Å². The van der Waals surface area contributed by atoms with Crippen molar-refractivity contribution in [3.05, 3.63) is 53.9 Å². The Kier molecular flexibility index (Phi) is 4.16. The van der Waals surface area contributed by atoms with E-state index in [2.05, 4.69) is 26.8 Å². The molecule has 2 aliphatic heterocycles. The average Bonchev–Trinajstić information content (AvgIpc) is 2.98. The Morgan fingerprint density at radius 1 is 1.27 bits per heavy atom. The molecule has 0 amide bonds. The molecule has 6 nitrogen and oxygen atoms in total. The Morgan fingerprint density at radius 3 is 2.65 bits per heavy atom. The second kappa shape index (κ2) is 6.49. The first-order valence-electron chi connectivity index (χ1n) is 8.65. The maximum Gasteiger partial charge on any atom is 0.215 e. The van der Waals surface area contributed by atoms with Crippen molar-refractivity contribution in [2.45, 2.75) is 24.9 Å². The summed E-state index contributed by atoms with van der Waals surface area (Å²) in [6.45, 7) is 4.97. The summed E-state index contributed by atoms with van der Waals surface area (Å²) in [4.78, 5) is 23.5. The molecule has 138 valence electrons. The third-order valence-corrected chi connectivity index (χ3v) is 5.01. The van der Waals surface area contributed by atoms with E-state index in [4.69, 9.17) is 5.73 Å². The second-order valence-electron chi connectivity index (χ2n) is 6.78. The quantitative estimate of drug-likeness (QED) is 0.819. The minimum Gasteiger partial charge on any atom is -0.383 e. The van der Waals surface area contributed by atoms with E-state index >= 15 is 0 Å². The molecule has 2 bridgehead atoms. The summed E-state index contributed by atoms with van der Waals surface area (Å²) in [6.07, 6.45) is 3.78. The molecule has 0 aliphatic carbocycles. The van der Waals surface area contributed by atoms with Crippen LogP contribution in [0.5, 0.6) is 0 Å². The zero-order valence-corrected chi connectivity index (χ0v) is 14.3. The number of fused-ring (bicyclic) bond motifs is 2. The van der Waals surface area contributed by atoms with Crippen LogP contribution in [-0.2, 0) is 0 Å². The largest absolute Gasteiger partial charge is 0.383 e. The van der Waals surface area contributed by atoms with Gasteiger partial charge in [-0.2, -0.15) is 0 Å². The number of nitrogens with zero attached hydrogens (tertiary/aromatic N) is 3. The normalized spacial score (nSPS) is 21.7. The lowest BCUT2D eigenvalue weighted by Gasteiger charge is -2.34. The van der Waals surface area contributed by atoms with Gasteiger partial charge in [0.05, 0.1) is 5.56 Å². The molecule has 0 spiro atoms. The van der Waals surface area contributed by atoms with Crippen LogP contribution in [0.15, 0.2) is 37.0 Å². The van der Waals surface area contributed by atoms with Crippen molar-refractivity contribution >= 4 is 23.2 Å². The summed E-state index contributed by atoms with van der Waals surface area (Å²) in [7, 11) is 0. The molecular formula is C19H24FN5O. The molecule has 4 heterocycles. The minimum atomic E-state index is -0.699. The third kappa shape index (κ3) is 2.94. The van der Waals surface area contributed by atoms with Crippen LogP contribution in [0.2, 0.25) is 0 Å². The molecule has 4 rings (SSSR count). The highest BCUT2D eigenvalue weighted by Gasteiger charge is 2.33. The molecule has 0 aromatic carbocycles. The lowest BCUT2D eigenvalue weighted by atomic mass is 10.0. The molecule has 2 unspecified atom stereocenters. The first kappa shape index (κ1) is 16.7. The van der Waals surface area contributed by atoms with Gasteiger partial charge in [0, 0.05) is 39.8 Å². The zero-order valence-electron chi connectivity index (χ0n) is 14.3. The lowest BCUT2D eigenvalue weighted by Crippen LogP contribution is -2.51. The van der Waals surface area contributed by atoms with Gasteiger partial charge in [0.1, 0.15) is 23.2 Å². The second-order valence-corrected chi connectivity index (χ2v) is 6.78. The molecule has 2 aromatic rings. The molecule has 3 N–H and O–H groups in total. The maximum atomic E-state index is 13.9. The Balaban J connectivity index is 0.00000140. The maximum absolute atomic E-state index is 13.9. The van der Waals surface area contributed by atoms with E-state index in [1.165, 1.54) is 6.20 Å². The number of nitrogens with two attached hydrogens (primary N) is 1. The van der Waals surface area contributed by atoms with Gasteiger partial charge in [0.15, 0.2) is 0 Å². The van der Waals surface area contributed by atoms with Crippen molar-refractivity contribution in [1.82, 2.24) is 15.3 Å². The van der Waals surface area contributed by atoms with Crippen molar-refractivity contribution in [3.63, 3.8) is 0 Å². The van der Waals surface area contributed by atoms with Crippen molar-refractivity contribution in [1.29, 1.82) is 0 Å². The van der Waals surface area contributed by atoms with Crippen LogP contribution in [0.4, 0.5) is 16.0 Å². The predicted octanol–water partition coefficient (Wildman–Crippen LogP) is 2.66. The first-order valence-corrected chi connectivity index (χ1v) is 8.65. The highest BCUT2D eigenvalue weighted by Crippen LogP contribution is 2.28. The Bertz CT molecular complexity index is 882. The number of nitrogen functional groups attached to an aromatic ring is 1. The van der Waals surface area contributed by atoms with Crippen LogP contribution >= 0.6 is 0 Å². The first-order chi connectivity index (χ1) is 12.5. The average molecular weight is 357 g/mol. The minimum absolute atomic E-state index is 0. The van der Waals surface area contributed by atoms with E-state index in [-0.39, 0.29) is 25.5 Å². The number of halogens is 1. The molecule has 0 radical (unpaired) electrons. The molecule has 2 aliphatic rings. The van der Waals surface area contributed by atoms with E-state index in [9.17, 15) is 9.18 Å². The summed E-state index contributed by atoms with van der Waals surface area (Å²) < 4.78 is 13.9. The Hall–Kier alpha value is -2.80. The highest BCUT2D eigenvalue weighted by molar-refractivity contribution is 6.12. The standard InChI is InChI=1S/C19H20FN5O.2H2/c1-11(20)14-6-7-16(25-9-12-4-5-13(10-25)23-12)24-17(14)18(26)15-3-2-8-22-19(15)21;;/h2-3,6-8,12-13,23H,1,4-5,9-10H2,(H2,21,22);2*1H. The summed E-state index contributed by atoms with van der Waals surface area (Å²) in [5, 5.41) is 3.56. The molecule has 26 heavy (non-hydrogen) atoms. The van der Waals surface area contributed by atoms with Gasteiger partial charge < -0.3 is 16.0 Å². The van der Waals surface area contributed by atoms with Gasteiger partial charge in [-0.25, -0.2) is 14.4 Å². The van der Waals surface area contributed by atoms with E-state index < -0.39 is 11.6 Å². The number of ketones is 1. The van der Waals surface area contributed by atoms with E-state index in [0.717, 1.165) is 25.9 Å². The topological polar surface area (TPSA) is 84.1 Å². The fraction of sp³-hybridized carbons (Fsp3) is 0.316. The number of piperazine rings is 1. The number of carbonyl (C=O) groups excluding carboxylic acids is 1. The van der Waals surface area contributed by atoms with Gasteiger partial charge in [-0.15, -0.1) is 0 Å². The third-order valence-electron chi connectivity index (χ3n) is 5.01. The lowest BCUT2D eigenvalue weighted by molar-refractivity contribution is 0.103. The SMILES string of the molecule is C=C(F)c1ccc(N2CC3CCC(C2)N3)nc1C(=O)c1cccnc1N.[HH].[HH]. The van der Waals surface area contributed by atoms with Gasteiger partial charge in [-0.3, -0.25) is 4.79 Å². The fourth-order valence-corrected chi connectivity index (χ4v) is 3.74. The predicted molar refractivity (Wildman–Crippen MR) is 103 cm³/mol. The number of anilines is 2. The van der Waals surface area contributed by atoms with Gasteiger partial charge in [-0.1, -0.05) is 6.58 Å². The number of carbonyl (C=O) groups is 1. The van der Waals surface area contributed by atoms with Crippen molar-refractivity contribution in [2.75, 3.05) is 23.7 Å². The summed E-state index contributed by atoms with van der Waals surface area (Å²) in [5.41, 5.74) is 6.12. The van der Waals surface area contributed by atoms with Gasteiger partial charge >= 0.3 is 0 Å². The van der Waals surface area contributed by atoms with Crippen molar-refractivity contribution in [2.24, 2.45) is 0 Å². The molecule has 2 saturated heterocycles. The smallest absolute Gasteiger partial charge is 0.215 e. The molecule has 2 atom stereocenters. The van der Waals surface area contributed by atoms with Crippen molar-refractivity contribution < 1.29 is 12.0 Å². The van der Waals surface area contributed by atoms with Crippen LogP contribution < -0.4 is 16.0 Å². The van der Waals surface area contributed by atoms with Crippen LogP contribution in [0.3, 0.4) is 0 Å². The number of aromatic nitrogens is 2. The van der Waals surface area contributed by atoms with E-state index in [1.807, 2.05) is 0 Å². The van der Waals surface area contributed by atoms with E-state index in [1.54, 1.807) is 24.3 Å². The van der Waals surface area contributed by atoms with Crippen molar-refractivity contribution in [3.8, 4) is 0 Å². The van der Waals surface area contributed by atoms with Crippen LogP contribution in [0, 0.1) is 0 Å². The molecule has 0 saturated carbocycles. The Labute approximate surface area is 153 Å². The van der Waals surface area contributed by atoms with Crippen LogP contribution in [0.25, 0.3) is 5.83 Å². The number of hydrogen-bond donors (Lipinski definition) is 2. The Morgan fingerprint density at radius 2 is 2.00 bits per heavy atom. The summed E-state index contributed by atoms with van der Waals surface area (Å²) in [5.74, 6) is -0.390. The zero-order chi connectivity index (χ0) is 18.3. The molecule has 7 heteroatoms. The highest BCUT2D eigenvalue weighted by atomic mass is 19.1. The number of rotatable bonds is 4. The van der Waals surface area contributed by atoms with Gasteiger partial charge in [-0.05, 0) is 37.1 Å². The number of nitrogens with one attached hydrogen (secondary N) is 1. The monoisotopic (exact) mass is 357 g/mol. The summed E-state index contributed by atoms with van der Waals surface area (Å²) in [6, 6.07) is 7.35. The van der Waals surface area contributed by atoms with Gasteiger partial charge in [0.25, 0.3) is 0 Å². The fourth-order valence-electron chi connectivity index (χ4n) is 3.74. The van der Waals surface area contributed by atoms with Gasteiger partial charge in [0.2, 0.25) is 5.78 Å².